The van der Waals surface area contributed by atoms with Crippen LogP contribution in [0.3, 0.4) is 0 Å². The van der Waals surface area contributed by atoms with E-state index in [9.17, 15) is 17.6 Å². The zero-order chi connectivity index (χ0) is 13.8. The molecule has 0 radical (unpaired) electrons. The topological polar surface area (TPSA) is 0 Å². The maximum absolute atomic E-state index is 13.3. The van der Waals surface area contributed by atoms with Crippen LogP contribution in [0.1, 0.15) is 18.1 Å². The molecule has 0 heterocycles. The third kappa shape index (κ3) is 3.92. The zero-order valence-corrected chi connectivity index (χ0v) is 9.76. The molecule has 1 rings (SSSR count). The first kappa shape index (κ1) is 14.3. The maximum atomic E-state index is 13.3. The standard InChI is InChI=1S/C14H12F4/c1-3-10(2)13(15)9-6-11-4-7-12(8-5-11)14(16,17)18/h3-5,7-8,10,13H,1H2,2H3/t10-,13-/m1/s1. The van der Waals surface area contributed by atoms with Crippen molar-refractivity contribution >= 4 is 0 Å². The molecule has 0 aliphatic carbocycles. The summed E-state index contributed by atoms with van der Waals surface area (Å²) in [6.45, 7) is 5.07. The highest BCUT2D eigenvalue weighted by molar-refractivity contribution is 5.37. The lowest BCUT2D eigenvalue weighted by Crippen LogP contribution is -2.06. The Balaban J connectivity index is 2.82. The van der Waals surface area contributed by atoms with Gasteiger partial charge in [-0.25, -0.2) is 4.39 Å². The summed E-state index contributed by atoms with van der Waals surface area (Å²) < 4.78 is 50.2. The molecule has 0 amide bonds. The van der Waals surface area contributed by atoms with E-state index in [1.165, 1.54) is 18.2 Å². The van der Waals surface area contributed by atoms with Gasteiger partial charge in [0.25, 0.3) is 0 Å². The SMILES string of the molecule is C=C[C@@H](C)[C@H](F)C#Cc1ccc(C(F)(F)F)cc1. The highest BCUT2D eigenvalue weighted by atomic mass is 19.4. The van der Waals surface area contributed by atoms with E-state index in [4.69, 9.17) is 0 Å². The second-order valence-electron chi connectivity index (χ2n) is 3.84. The van der Waals surface area contributed by atoms with Crippen molar-refractivity contribution in [1.29, 1.82) is 0 Å². The molecule has 0 spiro atoms. The Labute approximate surface area is 103 Å². The Morgan fingerprint density at radius 1 is 1.22 bits per heavy atom. The minimum Gasteiger partial charge on any atom is -0.233 e. The van der Waals surface area contributed by atoms with Crippen LogP contribution < -0.4 is 0 Å². The predicted molar refractivity (Wildman–Crippen MR) is 62.6 cm³/mol. The first-order chi connectivity index (χ1) is 8.34. The molecule has 0 aliphatic heterocycles. The maximum Gasteiger partial charge on any atom is 0.416 e. The van der Waals surface area contributed by atoms with E-state index in [0.717, 1.165) is 12.1 Å². The Morgan fingerprint density at radius 2 is 1.78 bits per heavy atom. The molecule has 1 aromatic rings. The molecule has 4 heteroatoms. The van der Waals surface area contributed by atoms with Gasteiger partial charge in [0, 0.05) is 11.5 Å². The number of allylic oxidation sites excluding steroid dienone is 1. The van der Waals surface area contributed by atoms with E-state index in [2.05, 4.69) is 18.4 Å². The summed E-state index contributed by atoms with van der Waals surface area (Å²) in [5.41, 5.74) is -0.397. The fourth-order valence-corrected chi connectivity index (χ4v) is 1.15. The molecule has 0 N–H and O–H groups in total. The monoisotopic (exact) mass is 256 g/mol. The molecule has 0 unspecified atom stereocenters. The second kappa shape index (κ2) is 5.72. The summed E-state index contributed by atoms with van der Waals surface area (Å²) in [5.74, 6) is 4.43. The summed E-state index contributed by atoms with van der Waals surface area (Å²) in [4.78, 5) is 0. The van der Waals surface area contributed by atoms with Crippen molar-refractivity contribution in [3.63, 3.8) is 0 Å². The van der Waals surface area contributed by atoms with Gasteiger partial charge in [-0.3, -0.25) is 0 Å². The minimum atomic E-state index is -4.37. The first-order valence-electron chi connectivity index (χ1n) is 5.30. The summed E-state index contributed by atoms with van der Waals surface area (Å²) >= 11 is 0. The predicted octanol–water partition coefficient (Wildman–Crippen LogP) is 4.22. The average molecular weight is 256 g/mol. The van der Waals surface area contributed by atoms with Crippen LogP contribution in [0.15, 0.2) is 36.9 Å². The van der Waals surface area contributed by atoms with Crippen LogP contribution in [0.5, 0.6) is 0 Å². The van der Waals surface area contributed by atoms with Crippen molar-refractivity contribution < 1.29 is 17.6 Å². The van der Waals surface area contributed by atoms with Gasteiger partial charge in [-0.1, -0.05) is 24.8 Å². The lowest BCUT2D eigenvalue weighted by atomic mass is 10.1. The highest BCUT2D eigenvalue weighted by Gasteiger charge is 2.29. The van der Waals surface area contributed by atoms with E-state index in [1.807, 2.05) is 0 Å². The van der Waals surface area contributed by atoms with Crippen LogP contribution >= 0.6 is 0 Å². The smallest absolute Gasteiger partial charge is 0.233 e. The van der Waals surface area contributed by atoms with Crippen LogP contribution in [-0.4, -0.2) is 6.17 Å². The molecule has 0 saturated heterocycles. The van der Waals surface area contributed by atoms with Crippen LogP contribution in [0.25, 0.3) is 0 Å². The zero-order valence-electron chi connectivity index (χ0n) is 9.76. The Morgan fingerprint density at radius 3 is 2.22 bits per heavy atom. The fourth-order valence-electron chi connectivity index (χ4n) is 1.15. The molecule has 0 aliphatic rings. The quantitative estimate of drug-likeness (QED) is 0.422. The third-order valence-corrected chi connectivity index (χ3v) is 2.40. The van der Waals surface area contributed by atoms with Gasteiger partial charge in [0.05, 0.1) is 5.56 Å². The van der Waals surface area contributed by atoms with Crippen molar-refractivity contribution in [1.82, 2.24) is 0 Å². The summed E-state index contributed by atoms with van der Waals surface area (Å²) in [6.07, 6.45) is -4.30. The minimum absolute atomic E-state index is 0.349. The van der Waals surface area contributed by atoms with E-state index in [0.29, 0.717) is 5.56 Å². The fraction of sp³-hybridized carbons (Fsp3) is 0.286. The van der Waals surface area contributed by atoms with Gasteiger partial charge in [-0.05, 0) is 24.3 Å². The van der Waals surface area contributed by atoms with Gasteiger partial charge in [0.2, 0.25) is 0 Å². The normalized spacial score (nSPS) is 14.3. The van der Waals surface area contributed by atoms with Crippen molar-refractivity contribution in [3.05, 3.63) is 48.0 Å². The molecule has 2 atom stereocenters. The van der Waals surface area contributed by atoms with Crippen molar-refractivity contribution in [3.8, 4) is 11.8 Å². The average Bonchev–Trinajstić information content (AvgIpc) is 2.34. The number of halogens is 4. The van der Waals surface area contributed by atoms with Crippen LogP contribution in [0.2, 0.25) is 0 Å². The molecular formula is C14H12F4. The van der Waals surface area contributed by atoms with Crippen LogP contribution in [0.4, 0.5) is 17.6 Å². The third-order valence-electron chi connectivity index (χ3n) is 2.40. The van der Waals surface area contributed by atoms with Crippen molar-refractivity contribution in [2.75, 3.05) is 0 Å². The number of hydrogen-bond acceptors (Lipinski definition) is 0. The lowest BCUT2D eigenvalue weighted by Gasteiger charge is -2.06. The van der Waals surface area contributed by atoms with Gasteiger partial charge in [-0.2, -0.15) is 13.2 Å². The molecule has 96 valence electrons. The van der Waals surface area contributed by atoms with Gasteiger partial charge < -0.3 is 0 Å². The number of rotatable bonds is 2. The van der Waals surface area contributed by atoms with E-state index in [-0.39, 0.29) is 0 Å². The van der Waals surface area contributed by atoms with Gasteiger partial charge in [-0.15, -0.1) is 6.58 Å². The first-order valence-corrected chi connectivity index (χ1v) is 5.30. The molecule has 0 fully saturated rings. The summed E-state index contributed by atoms with van der Waals surface area (Å²) in [6, 6.07) is 4.30. The number of hydrogen-bond donors (Lipinski definition) is 0. The van der Waals surface area contributed by atoms with E-state index < -0.39 is 23.8 Å². The molecule has 18 heavy (non-hydrogen) atoms. The molecule has 1 aromatic carbocycles. The number of benzene rings is 1. The van der Waals surface area contributed by atoms with E-state index >= 15 is 0 Å². The lowest BCUT2D eigenvalue weighted by molar-refractivity contribution is -0.137. The summed E-state index contributed by atoms with van der Waals surface area (Å²) in [5, 5.41) is 0. The number of alkyl halides is 4. The Bertz CT molecular complexity index is 459. The second-order valence-corrected chi connectivity index (χ2v) is 3.84. The molecule has 0 saturated carbocycles. The highest BCUT2D eigenvalue weighted by Crippen LogP contribution is 2.28. The van der Waals surface area contributed by atoms with Crippen LogP contribution in [0, 0.1) is 17.8 Å². The largest absolute Gasteiger partial charge is 0.416 e. The van der Waals surface area contributed by atoms with Crippen molar-refractivity contribution in [2.45, 2.75) is 19.3 Å². The molecule has 0 aromatic heterocycles. The Kier molecular flexibility index (Phi) is 4.55. The van der Waals surface area contributed by atoms with Gasteiger partial charge in [0.15, 0.2) is 6.17 Å². The van der Waals surface area contributed by atoms with E-state index in [1.54, 1.807) is 6.92 Å². The molecular weight excluding hydrogens is 244 g/mol. The van der Waals surface area contributed by atoms with Crippen LogP contribution in [-0.2, 0) is 6.18 Å². The molecule has 0 bridgehead atoms. The van der Waals surface area contributed by atoms with Crippen molar-refractivity contribution in [2.24, 2.45) is 5.92 Å². The van der Waals surface area contributed by atoms with Gasteiger partial charge in [0.1, 0.15) is 0 Å². The van der Waals surface area contributed by atoms with Gasteiger partial charge >= 0.3 is 6.18 Å². The molecule has 0 nitrogen and oxygen atoms in total. The summed E-state index contributed by atoms with van der Waals surface area (Å²) in [7, 11) is 0. The Hall–Kier alpha value is -1.76.